The number of hydrogen-bond acceptors (Lipinski definition) is 0. The second-order valence-electron chi connectivity index (χ2n) is 7.43. The molecular weight excluding hydrogens is 290 g/mol. The second kappa shape index (κ2) is 7.09. The van der Waals surface area contributed by atoms with Crippen LogP contribution >= 0.6 is 0 Å². The summed E-state index contributed by atoms with van der Waals surface area (Å²) in [7, 11) is 0. The number of hydrogen-bond donors (Lipinski definition) is 0. The molecule has 0 bridgehead atoms. The van der Waals surface area contributed by atoms with E-state index in [9.17, 15) is 0 Å². The molecule has 128 valence electrons. The van der Waals surface area contributed by atoms with Gasteiger partial charge in [-0.1, -0.05) is 45.7 Å². The number of fused-ring (bicyclic) bond motifs is 3. The third-order valence-corrected chi connectivity index (χ3v) is 5.75. The average Bonchev–Trinajstić information content (AvgIpc) is 2.85. The Hall–Kier alpha value is -1.63. The van der Waals surface area contributed by atoms with Crippen molar-refractivity contribution in [1.82, 2.24) is 0 Å². The molecule has 1 aromatic carbocycles. The van der Waals surface area contributed by atoms with Crippen LogP contribution in [0.25, 0.3) is 11.3 Å². The van der Waals surface area contributed by atoms with Crippen molar-refractivity contribution in [1.29, 1.82) is 0 Å². The summed E-state index contributed by atoms with van der Waals surface area (Å²) in [4.78, 5) is 0. The van der Waals surface area contributed by atoms with Crippen LogP contribution in [-0.4, -0.2) is 0 Å². The Morgan fingerprint density at radius 2 is 1.79 bits per heavy atom. The quantitative estimate of drug-likeness (QED) is 0.438. The molecule has 1 nitrogen and oxygen atoms in total. The highest BCUT2D eigenvalue weighted by molar-refractivity contribution is 5.67. The van der Waals surface area contributed by atoms with Crippen LogP contribution in [0.15, 0.2) is 36.5 Å². The van der Waals surface area contributed by atoms with Crippen LogP contribution in [0.2, 0.25) is 0 Å². The van der Waals surface area contributed by atoms with Crippen molar-refractivity contribution >= 4 is 0 Å². The maximum atomic E-state index is 2.56. The van der Waals surface area contributed by atoms with Gasteiger partial charge in [-0.05, 0) is 43.4 Å². The first kappa shape index (κ1) is 17.2. The molecule has 2 aromatic rings. The van der Waals surface area contributed by atoms with E-state index < -0.39 is 0 Å². The van der Waals surface area contributed by atoms with Gasteiger partial charge in [-0.25, -0.2) is 0 Å². The van der Waals surface area contributed by atoms with E-state index in [0.717, 1.165) is 6.42 Å². The van der Waals surface area contributed by atoms with Crippen molar-refractivity contribution < 1.29 is 4.57 Å². The van der Waals surface area contributed by atoms with Gasteiger partial charge in [0.1, 0.15) is 0 Å². The first-order valence-electron chi connectivity index (χ1n) is 9.82. The van der Waals surface area contributed by atoms with Crippen molar-refractivity contribution in [3.63, 3.8) is 0 Å². The van der Waals surface area contributed by atoms with Crippen molar-refractivity contribution in [2.45, 2.75) is 78.2 Å². The maximum Gasteiger partial charge on any atom is 0.214 e. The van der Waals surface area contributed by atoms with Gasteiger partial charge in [-0.15, -0.1) is 0 Å². The summed E-state index contributed by atoms with van der Waals surface area (Å²) in [5.41, 5.74) is 7.43. The molecule has 1 atom stereocenters. The number of unbranched alkanes of at least 4 members (excludes halogenated alkanes) is 2. The molecular formula is C23H32N+. The molecule has 1 heteroatoms. The van der Waals surface area contributed by atoms with Crippen molar-refractivity contribution in [3.05, 3.63) is 53.2 Å². The van der Waals surface area contributed by atoms with Crippen molar-refractivity contribution in [2.75, 3.05) is 0 Å². The Morgan fingerprint density at radius 3 is 2.50 bits per heavy atom. The summed E-state index contributed by atoms with van der Waals surface area (Å²) in [6, 6.07) is 11.9. The van der Waals surface area contributed by atoms with Crippen LogP contribution < -0.4 is 4.57 Å². The monoisotopic (exact) mass is 322 g/mol. The van der Waals surface area contributed by atoms with Gasteiger partial charge in [0.2, 0.25) is 5.69 Å². The molecule has 24 heavy (non-hydrogen) atoms. The molecule has 0 saturated heterocycles. The standard InChI is InChI=1S/C23H32N/c1-5-8-9-10-19-11-12-21-20(17-19)22-16-18(4)13-15-24(22)23(21,7-3)14-6-2/h11-13,15-17H,5-10,14H2,1-4H3/q+1. The van der Waals surface area contributed by atoms with Gasteiger partial charge in [0.15, 0.2) is 11.7 Å². The molecule has 1 unspecified atom stereocenters. The van der Waals surface area contributed by atoms with Gasteiger partial charge in [0.25, 0.3) is 0 Å². The number of rotatable bonds is 7. The van der Waals surface area contributed by atoms with E-state index in [4.69, 9.17) is 0 Å². The van der Waals surface area contributed by atoms with Crippen LogP contribution in [0, 0.1) is 6.92 Å². The Labute approximate surface area is 147 Å². The zero-order valence-corrected chi connectivity index (χ0v) is 15.9. The third kappa shape index (κ3) is 2.79. The van der Waals surface area contributed by atoms with Gasteiger partial charge < -0.3 is 0 Å². The fourth-order valence-corrected chi connectivity index (χ4v) is 4.47. The van der Waals surface area contributed by atoms with E-state index in [0.29, 0.717) is 0 Å². The number of nitrogens with zero attached hydrogens (tertiary/aromatic N) is 1. The van der Waals surface area contributed by atoms with Gasteiger partial charge in [-0.3, -0.25) is 0 Å². The zero-order valence-electron chi connectivity index (χ0n) is 15.9. The van der Waals surface area contributed by atoms with Crippen LogP contribution in [0.1, 0.15) is 76.0 Å². The van der Waals surface area contributed by atoms with Gasteiger partial charge in [0, 0.05) is 30.5 Å². The fourth-order valence-electron chi connectivity index (χ4n) is 4.47. The molecule has 0 saturated carbocycles. The molecule has 1 aromatic heterocycles. The lowest BCUT2D eigenvalue weighted by Crippen LogP contribution is -2.54. The first-order chi connectivity index (χ1) is 11.7. The summed E-state index contributed by atoms with van der Waals surface area (Å²) in [6.45, 7) is 9.13. The Bertz CT molecular complexity index is 716. The van der Waals surface area contributed by atoms with Gasteiger partial charge >= 0.3 is 0 Å². The lowest BCUT2D eigenvalue weighted by Gasteiger charge is -2.24. The maximum absolute atomic E-state index is 2.56. The second-order valence-corrected chi connectivity index (χ2v) is 7.43. The van der Waals surface area contributed by atoms with Crippen LogP contribution in [-0.2, 0) is 12.0 Å². The smallest absolute Gasteiger partial charge is 0.189 e. The van der Waals surface area contributed by atoms with Crippen LogP contribution in [0.4, 0.5) is 0 Å². The van der Waals surface area contributed by atoms with E-state index in [1.54, 1.807) is 0 Å². The molecule has 0 amide bonds. The number of pyridine rings is 1. The van der Waals surface area contributed by atoms with Crippen molar-refractivity contribution in [2.24, 2.45) is 0 Å². The normalized spacial score (nSPS) is 18.5. The summed E-state index contributed by atoms with van der Waals surface area (Å²) in [6.07, 6.45) is 11.0. The third-order valence-electron chi connectivity index (χ3n) is 5.75. The average molecular weight is 323 g/mol. The largest absolute Gasteiger partial charge is 0.214 e. The summed E-state index contributed by atoms with van der Waals surface area (Å²) in [5.74, 6) is 0. The van der Waals surface area contributed by atoms with Crippen LogP contribution in [0.3, 0.4) is 0 Å². The molecule has 0 N–H and O–H groups in total. The Balaban J connectivity index is 2.10. The molecule has 2 heterocycles. The minimum Gasteiger partial charge on any atom is -0.189 e. The fraction of sp³-hybridized carbons (Fsp3) is 0.522. The van der Waals surface area contributed by atoms with Crippen LogP contribution in [0.5, 0.6) is 0 Å². The minimum absolute atomic E-state index is 0.148. The van der Waals surface area contributed by atoms with Gasteiger partial charge in [0.05, 0.1) is 5.56 Å². The zero-order chi connectivity index (χ0) is 17.2. The van der Waals surface area contributed by atoms with E-state index in [-0.39, 0.29) is 5.54 Å². The Kier molecular flexibility index (Phi) is 5.08. The number of benzene rings is 1. The number of aromatic nitrogens is 1. The van der Waals surface area contributed by atoms with E-state index in [1.165, 1.54) is 66.5 Å². The van der Waals surface area contributed by atoms with Gasteiger partial charge in [-0.2, -0.15) is 4.57 Å². The number of aryl methyl sites for hydroxylation is 2. The predicted molar refractivity (Wildman–Crippen MR) is 102 cm³/mol. The molecule has 0 radical (unpaired) electrons. The molecule has 0 aliphatic carbocycles. The molecule has 1 aliphatic heterocycles. The molecule has 1 aliphatic rings. The predicted octanol–water partition coefficient (Wildman–Crippen LogP) is 5.95. The first-order valence-corrected chi connectivity index (χ1v) is 9.82. The summed E-state index contributed by atoms with van der Waals surface area (Å²) < 4.78 is 2.56. The minimum atomic E-state index is 0.148. The SMILES string of the molecule is CCCCCc1ccc2c(c1)-c1cc(C)cc[n+]1C2(CC)CCC. The van der Waals surface area contributed by atoms with Crippen molar-refractivity contribution in [3.8, 4) is 11.3 Å². The lowest BCUT2D eigenvalue weighted by molar-refractivity contribution is -0.740. The Morgan fingerprint density at radius 1 is 0.958 bits per heavy atom. The van der Waals surface area contributed by atoms with E-state index >= 15 is 0 Å². The van der Waals surface area contributed by atoms with E-state index in [2.05, 4.69) is 68.8 Å². The topological polar surface area (TPSA) is 3.88 Å². The lowest BCUT2D eigenvalue weighted by atomic mass is 9.82. The molecule has 3 rings (SSSR count). The highest BCUT2D eigenvalue weighted by Crippen LogP contribution is 2.43. The highest BCUT2D eigenvalue weighted by atomic mass is 15.1. The molecule has 0 fully saturated rings. The summed E-state index contributed by atoms with van der Waals surface area (Å²) >= 11 is 0. The highest BCUT2D eigenvalue weighted by Gasteiger charge is 2.48. The molecule has 0 spiro atoms. The summed E-state index contributed by atoms with van der Waals surface area (Å²) in [5, 5.41) is 0. The van der Waals surface area contributed by atoms with E-state index in [1.807, 2.05) is 0 Å².